The minimum Gasteiger partial charge on any atom is -0.389 e. The molecule has 0 saturated carbocycles. The maximum atomic E-state index is 9.49. The molecule has 0 saturated heterocycles. The molecule has 0 aliphatic heterocycles. The van der Waals surface area contributed by atoms with Crippen LogP contribution in [-0.4, -0.2) is 11.2 Å². The Hall–Kier alpha value is -0.560. The van der Waals surface area contributed by atoms with Gasteiger partial charge in [0.15, 0.2) is 0 Å². The van der Waals surface area contributed by atoms with Crippen molar-refractivity contribution in [1.29, 1.82) is 0 Å². The molecule has 1 nitrogen and oxygen atoms in total. The number of allylic oxidation sites excluding steroid dienone is 3. The molecule has 0 aromatic carbocycles. The predicted molar refractivity (Wildman–Crippen MR) is 47.4 cm³/mol. The summed E-state index contributed by atoms with van der Waals surface area (Å²) in [6.07, 6.45) is 6.92. The standard InChI is InChI=1S/C10H16O/c1-3-4-5-9-8(2)6-7-10(9)11/h3-4,10-11H,5-7H2,1-2H3. The average molecular weight is 152 g/mol. The zero-order valence-electron chi connectivity index (χ0n) is 7.30. The first-order chi connectivity index (χ1) is 5.25. The van der Waals surface area contributed by atoms with Crippen LogP contribution in [0.2, 0.25) is 0 Å². The average Bonchev–Trinajstić information content (AvgIpc) is 2.29. The first-order valence-corrected chi connectivity index (χ1v) is 4.23. The van der Waals surface area contributed by atoms with E-state index in [0.717, 1.165) is 19.3 Å². The van der Waals surface area contributed by atoms with Gasteiger partial charge in [-0.25, -0.2) is 0 Å². The highest BCUT2D eigenvalue weighted by Gasteiger charge is 2.18. The maximum absolute atomic E-state index is 9.49. The Balaban J connectivity index is 2.59. The van der Waals surface area contributed by atoms with Gasteiger partial charge in [-0.15, -0.1) is 0 Å². The molecule has 1 heteroatoms. The molecular formula is C10H16O. The second-order valence-corrected chi connectivity index (χ2v) is 3.13. The maximum Gasteiger partial charge on any atom is 0.0758 e. The van der Waals surface area contributed by atoms with Crippen LogP contribution in [0, 0.1) is 0 Å². The molecule has 0 spiro atoms. The first-order valence-electron chi connectivity index (χ1n) is 4.23. The zero-order chi connectivity index (χ0) is 8.27. The van der Waals surface area contributed by atoms with Crippen LogP contribution in [0.15, 0.2) is 23.3 Å². The molecule has 11 heavy (non-hydrogen) atoms. The second-order valence-electron chi connectivity index (χ2n) is 3.13. The lowest BCUT2D eigenvalue weighted by Crippen LogP contribution is -2.03. The molecule has 62 valence electrons. The van der Waals surface area contributed by atoms with Crippen molar-refractivity contribution in [1.82, 2.24) is 0 Å². The summed E-state index contributed by atoms with van der Waals surface area (Å²) in [5, 5.41) is 9.49. The van der Waals surface area contributed by atoms with Crippen molar-refractivity contribution in [2.24, 2.45) is 0 Å². The Morgan fingerprint density at radius 2 is 2.36 bits per heavy atom. The van der Waals surface area contributed by atoms with Crippen LogP contribution in [0.5, 0.6) is 0 Å². The molecule has 0 amide bonds. The molecule has 1 aliphatic carbocycles. The Morgan fingerprint density at radius 1 is 1.64 bits per heavy atom. The molecule has 0 radical (unpaired) electrons. The van der Waals surface area contributed by atoms with Gasteiger partial charge in [0.1, 0.15) is 0 Å². The fourth-order valence-electron chi connectivity index (χ4n) is 1.53. The summed E-state index contributed by atoms with van der Waals surface area (Å²) in [6.45, 7) is 4.13. The van der Waals surface area contributed by atoms with E-state index in [-0.39, 0.29) is 6.10 Å². The molecule has 1 N–H and O–H groups in total. The third kappa shape index (κ3) is 1.93. The van der Waals surface area contributed by atoms with E-state index < -0.39 is 0 Å². The van der Waals surface area contributed by atoms with Gasteiger partial charge in [0.2, 0.25) is 0 Å². The van der Waals surface area contributed by atoms with Gasteiger partial charge in [-0.3, -0.25) is 0 Å². The Labute approximate surface area is 68.4 Å². The van der Waals surface area contributed by atoms with Crippen LogP contribution in [0.1, 0.15) is 33.1 Å². The van der Waals surface area contributed by atoms with E-state index in [4.69, 9.17) is 0 Å². The van der Waals surface area contributed by atoms with Crippen LogP contribution in [0.4, 0.5) is 0 Å². The molecular weight excluding hydrogens is 136 g/mol. The molecule has 1 rings (SSSR count). The number of hydrogen-bond acceptors (Lipinski definition) is 1. The van der Waals surface area contributed by atoms with Gasteiger partial charge in [0.05, 0.1) is 6.10 Å². The lowest BCUT2D eigenvalue weighted by Gasteiger charge is -2.05. The van der Waals surface area contributed by atoms with Crippen molar-refractivity contribution in [3.05, 3.63) is 23.3 Å². The van der Waals surface area contributed by atoms with Gasteiger partial charge in [-0.1, -0.05) is 17.7 Å². The summed E-state index contributed by atoms with van der Waals surface area (Å²) in [4.78, 5) is 0. The van der Waals surface area contributed by atoms with Crippen LogP contribution in [-0.2, 0) is 0 Å². The smallest absolute Gasteiger partial charge is 0.0758 e. The van der Waals surface area contributed by atoms with E-state index in [0.29, 0.717) is 0 Å². The van der Waals surface area contributed by atoms with Crippen molar-refractivity contribution in [3.63, 3.8) is 0 Å². The van der Waals surface area contributed by atoms with Gasteiger partial charge in [-0.2, -0.15) is 0 Å². The molecule has 0 heterocycles. The van der Waals surface area contributed by atoms with Gasteiger partial charge in [0.25, 0.3) is 0 Å². The molecule has 1 aliphatic rings. The highest BCUT2D eigenvalue weighted by molar-refractivity contribution is 5.24. The summed E-state index contributed by atoms with van der Waals surface area (Å²) in [5.41, 5.74) is 2.62. The molecule has 1 atom stereocenters. The third-order valence-electron chi connectivity index (χ3n) is 2.32. The van der Waals surface area contributed by atoms with Crippen LogP contribution in [0.3, 0.4) is 0 Å². The zero-order valence-corrected chi connectivity index (χ0v) is 7.30. The van der Waals surface area contributed by atoms with E-state index >= 15 is 0 Å². The van der Waals surface area contributed by atoms with Gasteiger partial charge >= 0.3 is 0 Å². The minimum atomic E-state index is -0.161. The highest BCUT2D eigenvalue weighted by Crippen LogP contribution is 2.28. The normalized spacial score (nSPS) is 25.5. The monoisotopic (exact) mass is 152 g/mol. The Bertz CT molecular complexity index is 189. The topological polar surface area (TPSA) is 20.2 Å². The molecule has 0 aromatic heterocycles. The van der Waals surface area contributed by atoms with E-state index in [1.165, 1.54) is 11.1 Å². The molecule has 0 aromatic rings. The molecule has 0 bridgehead atoms. The quantitative estimate of drug-likeness (QED) is 0.602. The van der Waals surface area contributed by atoms with Crippen molar-refractivity contribution in [3.8, 4) is 0 Å². The molecule has 1 unspecified atom stereocenters. The van der Waals surface area contributed by atoms with Crippen molar-refractivity contribution in [2.75, 3.05) is 0 Å². The second kappa shape index (κ2) is 3.72. The van der Waals surface area contributed by atoms with Gasteiger partial charge < -0.3 is 5.11 Å². The summed E-state index contributed by atoms with van der Waals surface area (Å²) in [5.74, 6) is 0. The Kier molecular flexibility index (Phi) is 2.89. The SMILES string of the molecule is CC=CCC1=C(C)CCC1O. The van der Waals surface area contributed by atoms with Crippen LogP contribution >= 0.6 is 0 Å². The number of aliphatic hydroxyl groups is 1. The van der Waals surface area contributed by atoms with Crippen molar-refractivity contribution < 1.29 is 5.11 Å². The van der Waals surface area contributed by atoms with E-state index in [1.54, 1.807) is 0 Å². The van der Waals surface area contributed by atoms with Crippen LogP contribution < -0.4 is 0 Å². The van der Waals surface area contributed by atoms with Crippen LogP contribution in [0.25, 0.3) is 0 Å². The molecule has 0 fully saturated rings. The van der Waals surface area contributed by atoms with E-state index in [9.17, 15) is 5.11 Å². The van der Waals surface area contributed by atoms with Crippen molar-refractivity contribution >= 4 is 0 Å². The highest BCUT2D eigenvalue weighted by atomic mass is 16.3. The first kappa shape index (κ1) is 8.54. The predicted octanol–water partition coefficient (Wildman–Crippen LogP) is 2.42. The largest absolute Gasteiger partial charge is 0.389 e. The fourth-order valence-corrected chi connectivity index (χ4v) is 1.53. The summed E-state index contributed by atoms with van der Waals surface area (Å²) < 4.78 is 0. The fraction of sp³-hybridized carbons (Fsp3) is 0.600. The lowest BCUT2D eigenvalue weighted by molar-refractivity contribution is 0.210. The lowest BCUT2D eigenvalue weighted by atomic mass is 10.1. The number of hydrogen-bond donors (Lipinski definition) is 1. The Morgan fingerprint density at radius 3 is 2.82 bits per heavy atom. The number of aliphatic hydroxyl groups excluding tert-OH is 1. The van der Waals surface area contributed by atoms with E-state index in [1.807, 2.05) is 13.0 Å². The number of rotatable bonds is 2. The summed E-state index contributed by atoms with van der Waals surface area (Å²) in [7, 11) is 0. The third-order valence-corrected chi connectivity index (χ3v) is 2.32. The minimum absolute atomic E-state index is 0.161. The summed E-state index contributed by atoms with van der Waals surface area (Å²) >= 11 is 0. The van der Waals surface area contributed by atoms with Gasteiger partial charge in [-0.05, 0) is 38.7 Å². The van der Waals surface area contributed by atoms with Crippen molar-refractivity contribution in [2.45, 2.75) is 39.2 Å². The van der Waals surface area contributed by atoms with E-state index in [2.05, 4.69) is 13.0 Å². The summed E-state index contributed by atoms with van der Waals surface area (Å²) in [6, 6.07) is 0. The van der Waals surface area contributed by atoms with Gasteiger partial charge in [0, 0.05) is 0 Å².